The maximum atomic E-state index is 5.21. The Morgan fingerprint density at radius 2 is 0.941 bits per heavy atom. The average Bonchev–Trinajstić information content (AvgIpc) is 2.24. The van der Waals surface area contributed by atoms with Gasteiger partial charge in [0.2, 0.25) is 0 Å². The second-order valence-electron chi connectivity index (χ2n) is 3.35. The summed E-state index contributed by atoms with van der Waals surface area (Å²) in [6, 6.07) is 2.83. The van der Waals surface area contributed by atoms with Crippen LogP contribution in [0.5, 0.6) is 0 Å². The van der Waals surface area contributed by atoms with E-state index in [1.165, 1.54) is 37.8 Å². The normalized spacial score (nSPS) is 19.8. The Balaban J connectivity index is -0.0000000436. The molecular formula is C8H28O6Si2Ti. The second-order valence-corrected chi connectivity index (χ2v) is 6.39. The van der Waals surface area contributed by atoms with Gasteiger partial charge in [0.1, 0.15) is 0 Å². The third-order valence-corrected chi connectivity index (χ3v) is 4.89. The molecule has 0 aromatic rings. The standard InChI is InChI=1S/2C4H10OSi.4H2O.Ti/c2*1-2-4-6-5-3-1;;;;;/h2*1-4,6H2;4*1H2;. The molecule has 0 amide bonds. The predicted molar refractivity (Wildman–Crippen MR) is 71.5 cm³/mol. The van der Waals surface area contributed by atoms with E-state index < -0.39 is 0 Å². The molecule has 0 radical (unpaired) electrons. The molecule has 2 heterocycles. The van der Waals surface area contributed by atoms with Gasteiger partial charge in [0.15, 0.2) is 19.5 Å². The van der Waals surface area contributed by atoms with Gasteiger partial charge in [-0.15, -0.1) is 0 Å². The third-order valence-electron chi connectivity index (χ3n) is 2.15. The molecule has 2 aliphatic rings. The van der Waals surface area contributed by atoms with Crippen molar-refractivity contribution < 1.29 is 52.5 Å². The minimum Gasteiger partial charge on any atom is -0.424 e. The monoisotopic (exact) mass is 324 g/mol. The number of hydrogen-bond donors (Lipinski definition) is 0. The van der Waals surface area contributed by atoms with Crippen LogP contribution in [-0.4, -0.2) is 54.6 Å². The van der Waals surface area contributed by atoms with Crippen LogP contribution in [0, 0.1) is 0 Å². The quantitative estimate of drug-likeness (QED) is 0.446. The van der Waals surface area contributed by atoms with Crippen LogP contribution in [0.1, 0.15) is 25.7 Å². The predicted octanol–water partition coefficient (Wildman–Crippen LogP) is -2.70. The Labute approximate surface area is 123 Å². The van der Waals surface area contributed by atoms with Crippen LogP contribution in [0.4, 0.5) is 0 Å². The Kier molecular flexibility index (Phi) is 46.4. The molecule has 0 spiro atoms. The fraction of sp³-hybridized carbons (Fsp3) is 1.00. The van der Waals surface area contributed by atoms with E-state index in [9.17, 15) is 0 Å². The SMILES string of the molecule is C1CC[SiH2]OC1.C1CC[SiH2]OC1.O.O.O.O.[Ti]. The van der Waals surface area contributed by atoms with E-state index in [0.717, 1.165) is 13.2 Å². The van der Waals surface area contributed by atoms with Crippen molar-refractivity contribution in [2.75, 3.05) is 13.2 Å². The fourth-order valence-electron chi connectivity index (χ4n) is 1.37. The van der Waals surface area contributed by atoms with Crippen molar-refractivity contribution in [3.05, 3.63) is 0 Å². The van der Waals surface area contributed by atoms with Crippen molar-refractivity contribution >= 4 is 19.5 Å². The molecule has 17 heavy (non-hydrogen) atoms. The number of rotatable bonds is 0. The first-order chi connectivity index (χ1) is 6.00. The van der Waals surface area contributed by atoms with E-state index in [1.807, 2.05) is 0 Å². The molecule has 0 aliphatic carbocycles. The van der Waals surface area contributed by atoms with E-state index in [2.05, 4.69) is 0 Å². The molecule has 6 nitrogen and oxygen atoms in total. The zero-order valence-electron chi connectivity index (χ0n) is 10.4. The van der Waals surface area contributed by atoms with Crippen LogP contribution in [0.2, 0.25) is 12.1 Å². The van der Waals surface area contributed by atoms with Crippen LogP contribution in [0.25, 0.3) is 0 Å². The number of hydrogen-bond acceptors (Lipinski definition) is 2. The van der Waals surface area contributed by atoms with Gasteiger partial charge in [-0.2, -0.15) is 0 Å². The van der Waals surface area contributed by atoms with Gasteiger partial charge in [0.05, 0.1) is 0 Å². The third kappa shape index (κ3) is 22.6. The van der Waals surface area contributed by atoms with Crippen LogP contribution < -0.4 is 0 Å². The van der Waals surface area contributed by atoms with Crippen LogP contribution in [0.3, 0.4) is 0 Å². The Bertz CT molecular complexity index is 71.0. The van der Waals surface area contributed by atoms with Crippen molar-refractivity contribution in [2.24, 2.45) is 0 Å². The molecule has 0 aromatic carbocycles. The van der Waals surface area contributed by atoms with Crippen LogP contribution in [0.15, 0.2) is 0 Å². The summed E-state index contributed by atoms with van der Waals surface area (Å²) in [5.41, 5.74) is 0. The van der Waals surface area contributed by atoms with Gasteiger partial charge in [-0.1, -0.05) is 12.8 Å². The summed E-state index contributed by atoms with van der Waals surface area (Å²) >= 11 is 0. The van der Waals surface area contributed by atoms with Crippen molar-refractivity contribution in [1.29, 1.82) is 0 Å². The van der Waals surface area contributed by atoms with Gasteiger partial charge in [0.25, 0.3) is 0 Å². The van der Waals surface area contributed by atoms with Gasteiger partial charge in [0, 0.05) is 34.9 Å². The van der Waals surface area contributed by atoms with Crippen molar-refractivity contribution in [3.63, 3.8) is 0 Å². The van der Waals surface area contributed by atoms with Crippen molar-refractivity contribution in [1.82, 2.24) is 0 Å². The van der Waals surface area contributed by atoms with Gasteiger partial charge in [-0.25, -0.2) is 0 Å². The summed E-state index contributed by atoms with van der Waals surface area (Å²) in [6.07, 6.45) is 5.50. The molecule has 9 heteroatoms. The molecule has 2 aliphatic heterocycles. The fourth-order valence-corrected chi connectivity index (χ4v) is 3.71. The molecule has 0 unspecified atom stereocenters. The van der Waals surface area contributed by atoms with E-state index in [0.29, 0.717) is 0 Å². The average molecular weight is 324 g/mol. The Morgan fingerprint density at radius 3 is 1.00 bits per heavy atom. The Hall–Kier alpha value is 0.908. The second kappa shape index (κ2) is 25.7. The molecule has 2 rings (SSSR count). The minimum absolute atomic E-state index is 0. The molecule has 0 aromatic heterocycles. The summed E-state index contributed by atoms with van der Waals surface area (Å²) < 4.78 is 10.4. The maximum absolute atomic E-state index is 5.21. The van der Waals surface area contributed by atoms with Gasteiger partial charge < -0.3 is 30.8 Å². The first kappa shape index (κ1) is 30.7. The minimum atomic E-state index is 0. The van der Waals surface area contributed by atoms with E-state index in [1.54, 1.807) is 0 Å². The summed E-state index contributed by atoms with van der Waals surface area (Å²) in [7, 11) is 0.0170. The summed E-state index contributed by atoms with van der Waals surface area (Å²) in [5.74, 6) is 0. The molecule has 0 atom stereocenters. The largest absolute Gasteiger partial charge is 0.424 e. The zero-order valence-corrected chi connectivity index (χ0v) is 14.8. The van der Waals surface area contributed by atoms with Crippen molar-refractivity contribution in [2.45, 2.75) is 37.8 Å². The smallest absolute Gasteiger partial charge is 0.161 e. The molecule has 2 saturated heterocycles. The summed E-state index contributed by atoms with van der Waals surface area (Å²) in [6.45, 7) is 2.12. The molecule has 0 saturated carbocycles. The van der Waals surface area contributed by atoms with Gasteiger partial charge in [-0.3, -0.25) is 0 Å². The Morgan fingerprint density at radius 1 is 0.588 bits per heavy atom. The van der Waals surface area contributed by atoms with Gasteiger partial charge >= 0.3 is 0 Å². The zero-order chi connectivity index (χ0) is 8.49. The first-order valence-corrected chi connectivity index (χ1v) is 8.31. The summed E-state index contributed by atoms with van der Waals surface area (Å²) in [5, 5.41) is 0. The molecule has 108 valence electrons. The molecule has 0 bridgehead atoms. The molecule has 2 fully saturated rings. The van der Waals surface area contributed by atoms with E-state index >= 15 is 0 Å². The van der Waals surface area contributed by atoms with Crippen LogP contribution >= 0.6 is 0 Å². The van der Waals surface area contributed by atoms with Gasteiger partial charge in [-0.05, 0) is 24.9 Å². The molecule has 8 N–H and O–H groups in total. The summed E-state index contributed by atoms with van der Waals surface area (Å²) in [4.78, 5) is 0. The molecular weight excluding hydrogens is 296 g/mol. The van der Waals surface area contributed by atoms with Crippen LogP contribution in [-0.2, 0) is 30.6 Å². The topological polar surface area (TPSA) is 144 Å². The van der Waals surface area contributed by atoms with E-state index in [-0.39, 0.29) is 63.1 Å². The maximum Gasteiger partial charge on any atom is 0.161 e. The van der Waals surface area contributed by atoms with E-state index in [4.69, 9.17) is 8.85 Å². The first-order valence-electron chi connectivity index (χ1n) is 5.15. The van der Waals surface area contributed by atoms with Crippen molar-refractivity contribution in [3.8, 4) is 0 Å².